The summed E-state index contributed by atoms with van der Waals surface area (Å²) in [7, 11) is 0. The van der Waals surface area contributed by atoms with Gasteiger partial charge in [-0.25, -0.2) is 0 Å². The molecule has 0 radical (unpaired) electrons. The fourth-order valence-electron chi connectivity index (χ4n) is 1.99. The van der Waals surface area contributed by atoms with Crippen molar-refractivity contribution in [2.75, 3.05) is 13.2 Å². The van der Waals surface area contributed by atoms with Crippen LogP contribution in [-0.4, -0.2) is 36.4 Å². The first-order chi connectivity index (χ1) is 6.72. The van der Waals surface area contributed by atoms with Gasteiger partial charge < -0.3 is 15.2 Å². The average Bonchev–Trinajstić information content (AvgIpc) is 2.87. The molecule has 1 amide bonds. The van der Waals surface area contributed by atoms with Crippen LogP contribution in [-0.2, 0) is 9.53 Å². The summed E-state index contributed by atoms with van der Waals surface area (Å²) in [6.07, 6.45) is 1.55. The number of amides is 1. The molecule has 1 heterocycles. The fraction of sp³-hybridized carbons (Fsp3) is 0.900. The third-order valence-corrected chi connectivity index (χ3v) is 3.16. The summed E-state index contributed by atoms with van der Waals surface area (Å²) in [6.45, 7) is 2.88. The van der Waals surface area contributed by atoms with Crippen molar-refractivity contribution in [3.05, 3.63) is 0 Å². The Morgan fingerprint density at radius 2 is 2.36 bits per heavy atom. The summed E-state index contributed by atoms with van der Waals surface area (Å²) in [5.41, 5.74) is 0. The smallest absolute Gasteiger partial charge is 0.223 e. The second kappa shape index (κ2) is 3.87. The quantitative estimate of drug-likeness (QED) is 0.667. The summed E-state index contributed by atoms with van der Waals surface area (Å²) < 4.78 is 5.06. The lowest BCUT2D eigenvalue weighted by Crippen LogP contribution is -2.43. The van der Waals surface area contributed by atoms with E-state index in [-0.39, 0.29) is 17.9 Å². The number of carbonyl (C=O) groups excluding carboxylic acids is 1. The van der Waals surface area contributed by atoms with E-state index in [1.807, 2.05) is 0 Å². The Hall–Kier alpha value is -0.610. The first kappa shape index (κ1) is 9.93. The Bertz CT molecular complexity index is 231. The molecule has 0 aromatic heterocycles. The van der Waals surface area contributed by atoms with Crippen LogP contribution in [0.25, 0.3) is 0 Å². The van der Waals surface area contributed by atoms with Gasteiger partial charge >= 0.3 is 0 Å². The highest BCUT2D eigenvalue weighted by Gasteiger charge is 2.42. The predicted molar refractivity (Wildman–Crippen MR) is 50.6 cm³/mol. The van der Waals surface area contributed by atoms with Gasteiger partial charge in [-0.2, -0.15) is 0 Å². The van der Waals surface area contributed by atoms with Crippen molar-refractivity contribution < 1.29 is 14.6 Å². The maximum absolute atomic E-state index is 11.6. The van der Waals surface area contributed by atoms with Crippen molar-refractivity contribution >= 4 is 5.91 Å². The molecule has 4 nitrogen and oxygen atoms in total. The maximum Gasteiger partial charge on any atom is 0.223 e. The van der Waals surface area contributed by atoms with Crippen molar-refractivity contribution in [3.63, 3.8) is 0 Å². The molecule has 14 heavy (non-hydrogen) atoms. The van der Waals surface area contributed by atoms with Gasteiger partial charge in [-0.05, 0) is 12.3 Å². The Labute approximate surface area is 83.6 Å². The Morgan fingerprint density at radius 1 is 1.57 bits per heavy atom. The molecule has 2 aliphatic rings. The van der Waals surface area contributed by atoms with Crippen LogP contribution in [0.5, 0.6) is 0 Å². The normalized spacial score (nSPS) is 41.0. The highest BCUT2D eigenvalue weighted by atomic mass is 16.5. The lowest BCUT2D eigenvalue weighted by molar-refractivity contribution is -0.123. The molecular weight excluding hydrogens is 182 g/mol. The van der Waals surface area contributed by atoms with E-state index in [9.17, 15) is 9.90 Å². The average molecular weight is 199 g/mol. The van der Waals surface area contributed by atoms with Crippen LogP contribution < -0.4 is 5.32 Å². The molecule has 0 bridgehead atoms. The second-order valence-electron chi connectivity index (χ2n) is 4.23. The van der Waals surface area contributed by atoms with E-state index >= 15 is 0 Å². The van der Waals surface area contributed by atoms with Crippen molar-refractivity contribution in [1.29, 1.82) is 0 Å². The minimum atomic E-state index is -0.530. The van der Waals surface area contributed by atoms with E-state index in [4.69, 9.17) is 4.74 Å². The molecule has 0 spiro atoms. The van der Waals surface area contributed by atoms with Gasteiger partial charge in [0.1, 0.15) is 0 Å². The third kappa shape index (κ3) is 1.91. The van der Waals surface area contributed by atoms with Gasteiger partial charge in [0.15, 0.2) is 0 Å². The zero-order chi connectivity index (χ0) is 10.1. The van der Waals surface area contributed by atoms with E-state index in [2.05, 4.69) is 12.2 Å². The van der Waals surface area contributed by atoms with Gasteiger partial charge in [-0.15, -0.1) is 0 Å². The first-order valence-electron chi connectivity index (χ1n) is 5.28. The van der Waals surface area contributed by atoms with Crippen molar-refractivity contribution in [2.45, 2.75) is 31.9 Å². The van der Waals surface area contributed by atoms with E-state index in [0.717, 1.165) is 12.8 Å². The maximum atomic E-state index is 11.6. The van der Waals surface area contributed by atoms with Crippen LogP contribution >= 0.6 is 0 Å². The molecule has 2 N–H and O–H groups in total. The number of hydrogen-bond acceptors (Lipinski definition) is 3. The number of nitrogens with one attached hydrogen (secondary N) is 1. The summed E-state index contributed by atoms with van der Waals surface area (Å²) >= 11 is 0. The lowest BCUT2D eigenvalue weighted by atomic mass is 10.2. The van der Waals surface area contributed by atoms with Crippen LogP contribution in [0.3, 0.4) is 0 Å². The van der Waals surface area contributed by atoms with E-state index in [1.165, 1.54) is 0 Å². The molecule has 1 aliphatic heterocycles. The molecule has 1 saturated heterocycles. The molecule has 80 valence electrons. The van der Waals surface area contributed by atoms with Crippen LogP contribution in [0.2, 0.25) is 0 Å². The standard InChI is InChI=1S/C10H17NO3/c1-2-6-3-7(6)10(13)11-8-4-14-5-9(8)12/h6-9,12H,2-5H2,1H3,(H,11,13)/t6-,7-,8-,9-/m1/s1. The largest absolute Gasteiger partial charge is 0.388 e. The lowest BCUT2D eigenvalue weighted by Gasteiger charge is -2.14. The van der Waals surface area contributed by atoms with Crippen LogP contribution in [0, 0.1) is 11.8 Å². The zero-order valence-electron chi connectivity index (χ0n) is 8.40. The molecule has 2 rings (SSSR count). The topological polar surface area (TPSA) is 58.6 Å². The van der Waals surface area contributed by atoms with Gasteiger partial charge in [0.25, 0.3) is 0 Å². The molecule has 0 aromatic carbocycles. The number of aliphatic hydroxyl groups is 1. The summed E-state index contributed by atoms with van der Waals surface area (Å²) in [6, 6.07) is -0.194. The number of hydrogen-bond donors (Lipinski definition) is 2. The molecule has 4 atom stereocenters. The first-order valence-corrected chi connectivity index (χ1v) is 5.28. The Morgan fingerprint density at radius 3 is 2.86 bits per heavy atom. The molecular formula is C10H17NO3. The summed E-state index contributed by atoms with van der Waals surface area (Å²) in [4.78, 5) is 11.6. The van der Waals surface area contributed by atoms with E-state index < -0.39 is 6.10 Å². The van der Waals surface area contributed by atoms with Crippen molar-refractivity contribution in [3.8, 4) is 0 Å². The third-order valence-electron chi connectivity index (χ3n) is 3.16. The van der Waals surface area contributed by atoms with Gasteiger partial charge in [0.05, 0.1) is 25.4 Å². The highest BCUT2D eigenvalue weighted by molar-refractivity contribution is 5.81. The molecule has 4 heteroatoms. The van der Waals surface area contributed by atoms with Gasteiger partial charge in [-0.3, -0.25) is 4.79 Å². The minimum absolute atomic E-state index is 0.0893. The zero-order valence-corrected chi connectivity index (χ0v) is 8.40. The molecule has 2 fully saturated rings. The van der Waals surface area contributed by atoms with E-state index in [1.54, 1.807) is 0 Å². The molecule has 0 unspecified atom stereocenters. The van der Waals surface area contributed by atoms with Crippen LogP contribution in [0.15, 0.2) is 0 Å². The van der Waals surface area contributed by atoms with Gasteiger partial charge in [0, 0.05) is 5.92 Å². The minimum Gasteiger partial charge on any atom is -0.388 e. The van der Waals surface area contributed by atoms with Crippen LogP contribution in [0.1, 0.15) is 19.8 Å². The number of ether oxygens (including phenoxy) is 1. The Balaban J connectivity index is 1.77. The summed E-state index contributed by atoms with van der Waals surface area (Å²) in [5, 5.41) is 12.3. The number of carbonyl (C=O) groups is 1. The number of aliphatic hydroxyl groups excluding tert-OH is 1. The van der Waals surface area contributed by atoms with Crippen LogP contribution in [0.4, 0.5) is 0 Å². The number of rotatable bonds is 3. The fourth-order valence-corrected chi connectivity index (χ4v) is 1.99. The second-order valence-corrected chi connectivity index (χ2v) is 4.23. The molecule has 1 saturated carbocycles. The predicted octanol–water partition coefficient (Wildman–Crippen LogP) is -0.0916. The molecule has 1 aliphatic carbocycles. The summed E-state index contributed by atoms with van der Waals surface area (Å²) in [5.74, 6) is 0.841. The van der Waals surface area contributed by atoms with Crippen molar-refractivity contribution in [2.24, 2.45) is 11.8 Å². The van der Waals surface area contributed by atoms with Crippen molar-refractivity contribution in [1.82, 2.24) is 5.32 Å². The van der Waals surface area contributed by atoms with Gasteiger partial charge in [-0.1, -0.05) is 13.3 Å². The Kier molecular flexibility index (Phi) is 2.74. The molecule has 0 aromatic rings. The van der Waals surface area contributed by atoms with Gasteiger partial charge in [0.2, 0.25) is 5.91 Å². The monoisotopic (exact) mass is 199 g/mol. The highest BCUT2D eigenvalue weighted by Crippen LogP contribution is 2.41. The SMILES string of the molecule is CC[C@@H]1C[C@H]1C(=O)N[C@@H]1COC[C@H]1O. The van der Waals surface area contributed by atoms with E-state index in [0.29, 0.717) is 19.1 Å².